The molecule has 1 saturated heterocycles. The number of methoxy groups -OCH3 is 1. The van der Waals surface area contributed by atoms with Crippen molar-refractivity contribution in [3.63, 3.8) is 0 Å². The Bertz CT molecular complexity index is 385. The molecule has 0 spiro atoms. The molecular formula is C13H20N2O2. The first-order chi connectivity index (χ1) is 8.10. The van der Waals surface area contributed by atoms with Crippen molar-refractivity contribution in [2.75, 3.05) is 20.2 Å². The number of ether oxygens (including phenoxy) is 1. The van der Waals surface area contributed by atoms with Crippen LogP contribution in [0.1, 0.15) is 12.5 Å². The minimum Gasteiger partial charge on any atom is -0.504 e. The highest BCUT2D eigenvalue weighted by Gasteiger charge is 2.26. The van der Waals surface area contributed by atoms with Crippen molar-refractivity contribution in [3.8, 4) is 11.5 Å². The molecule has 0 aromatic heterocycles. The van der Waals surface area contributed by atoms with E-state index >= 15 is 0 Å². The van der Waals surface area contributed by atoms with Crippen LogP contribution in [-0.2, 0) is 6.54 Å². The molecule has 0 aliphatic carbocycles. The number of hydrogen-bond donors (Lipinski definition) is 2. The van der Waals surface area contributed by atoms with Crippen molar-refractivity contribution >= 4 is 0 Å². The molecule has 1 heterocycles. The van der Waals surface area contributed by atoms with E-state index in [-0.39, 0.29) is 11.8 Å². The van der Waals surface area contributed by atoms with Crippen LogP contribution in [0.3, 0.4) is 0 Å². The lowest BCUT2D eigenvalue weighted by Gasteiger charge is -2.15. The second-order valence-electron chi connectivity index (χ2n) is 4.84. The summed E-state index contributed by atoms with van der Waals surface area (Å²) in [7, 11) is 1.55. The zero-order valence-electron chi connectivity index (χ0n) is 10.4. The third-order valence-electron chi connectivity index (χ3n) is 3.40. The largest absolute Gasteiger partial charge is 0.504 e. The SMILES string of the molecule is COc1ccc(CN2CC(C)C(N)C2)cc1O. The molecule has 2 unspecified atom stereocenters. The third kappa shape index (κ3) is 2.70. The zero-order valence-corrected chi connectivity index (χ0v) is 10.4. The monoisotopic (exact) mass is 236 g/mol. The second-order valence-corrected chi connectivity index (χ2v) is 4.84. The molecule has 0 amide bonds. The summed E-state index contributed by atoms with van der Waals surface area (Å²) in [4.78, 5) is 2.32. The van der Waals surface area contributed by atoms with E-state index in [1.165, 1.54) is 0 Å². The van der Waals surface area contributed by atoms with Crippen molar-refractivity contribution < 1.29 is 9.84 Å². The summed E-state index contributed by atoms with van der Waals surface area (Å²) >= 11 is 0. The van der Waals surface area contributed by atoms with Crippen LogP contribution in [0.25, 0.3) is 0 Å². The van der Waals surface area contributed by atoms with Gasteiger partial charge >= 0.3 is 0 Å². The van der Waals surface area contributed by atoms with Crippen LogP contribution in [0, 0.1) is 5.92 Å². The maximum atomic E-state index is 9.70. The first-order valence-corrected chi connectivity index (χ1v) is 5.94. The van der Waals surface area contributed by atoms with E-state index in [1.807, 2.05) is 6.07 Å². The smallest absolute Gasteiger partial charge is 0.160 e. The molecule has 1 aliphatic rings. The number of likely N-dealkylation sites (tertiary alicyclic amines) is 1. The maximum absolute atomic E-state index is 9.70. The van der Waals surface area contributed by atoms with Gasteiger partial charge in [0.1, 0.15) is 0 Å². The van der Waals surface area contributed by atoms with Gasteiger partial charge in [-0.15, -0.1) is 0 Å². The molecule has 4 heteroatoms. The number of phenols is 1. The van der Waals surface area contributed by atoms with Gasteiger partial charge in [-0.25, -0.2) is 0 Å². The summed E-state index contributed by atoms with van der Waals surface area (Å²) in [5.74, 6) is 1.25. The number of nitrogens with two attached hydrogens (primary N) is 1. The van der Waals surface area contributed by atoms with Crippen LogP contribution in [0.4, 0.5) is 0 Å². The molecule has 0 bridgehead atoms. The first-order valence-electron chi connectivity index (χ1n) is 5.94. The molecule has 1 fully saturated rings. The highest BCUT2D eigenvalue weighted by molar-refractivity contribution is 5.41. The van der Waals surface area contributed by atoms with Crippen molar-refractivity contribution in [2.24, 2.45) is 11.7 Å². The van der Waals surface area contributed by atoms with E-state index in [0.717, 1.165) is 25.2 Å². The second kappa shape index (κ2) is 4.94. The molecule has 17 heavy (non-hydrogen) atoms. The highest BCUT2D eigenvalue weighted by Crippen LogP contribution is 2.27. The van der Waals surface area contributed by atoms with Gasteiger partial charge in [0.25, 0.3) is 0 Å². The van der Waals surface area contributed by atoms with E-state index in [4.69, 9.17) is 10.5 Å². The van der Waals surface area contributed by atoms with Gasteiger partial charge in [0, 0.05) is 25.7 Å². The molecule has 1 aromatic carbocycles. The summed E-state index contributed by atoms with van der Waals surface area (Å²) in [5.41, 5.74) is 7.07. The first kappa shape index (κ1) is 12.2. The molecule has 0 radical (unpaired) electrons. The van der Waals surface area contributed by atoms with Crippen LogP contribution in [0.2, 0.25) is 0 Å². The molecule has 94 valence electrons. The Hall–Kier alpha value is -1.26. The lowest BCUT2D eigenvalue weighted by atomic mass is 10.1. The van der Waals surface area contributed by atoms with E-state index in [2.05, 4.69) is 11.8 Å². The number of benzene rings is 1. The minimum absolute atomic E-state index is 0.196. The number of phenolic OH excluding ortho intramolecular Hbond substituents is 1. The fraction of sp³-hybridized carbons (Fsp3) is 0.538. The average Bonchev–Trinajstić information content (AvgIpc) is 2.58. The summed E-state index contributed by atoms with van der Waals surface area (Å²) in [5, 5.41) is 9.70. The van der Waals surface area contributed by atoms with Crippen LogP contribution < -0.4 is 10.5 Å². The van der Waals surface area contributed by atoms with Crippen LogP contribution >= 0.6 is 0 Å². The van der Waals surface area contributed by atoms with Crippen molar-refractivity contribution in [1.82, 2.24) is 4.90 Å². The Labute approximate surface area is 102 Å². The van der Waals surface area contributed by atoms with Crippen LogP contribution in [-0.4, -0.2) is 36.2 Å². The normalized spacial score (nSPS) is 25.1. The molecule has 1 aromatic rings. The van der Waals surface area contributed by atoms with E-state index in [1.54, 1.807) is 19.2 Å². The third-order valence-corrected chi connectivity index (χ3v) is 3.40. The van der Waals surface area contributed by atoms with Crippen LogP contribution in [0.15, 0.2) is 18.2 Å². The average molecular weight is 236 g/mol. The molecule has 3 N–H and O–H groups in total. The van der Waals surface area contributed by atoms with Gasteiger partial charge in [0.05, 0.1) is 7.11 Å². The molecular weight excluding hydrogens is 216 g/mol. The lowest BCUT2D eigenvalue weighted by molar-refractivity contribution is 0.317. The maximum Gasteiger partial charge on any atom is 0.160 e. The molecule has 2 atom stereocenters. The van der Waals surface area contributed by atoms with Gasteiger partial charge in [-0.1, -0.05) is 13.0 Å². The van der Waals surface area contributed by atoms with Crippen molar-refractivity contribution in [3.05, 3.63) is 23.8 Å². The predicted octanol–water partition coefficient (Wildman–Crippen LogP) is 1.18. The topological polar surface area (TPSA) is 58.7 Å². The standard InChI is InChI=1S/C13H20N2O2/c1-9-6-15(8-11(9)14)7-10-3-4-13(17-2)12(16)5-10/h3-5,9,11,16H,6-8,14H2,1-2H3. The van der Waals surface area contributed by atoms with Gasteiger partial charge in [-0.2, -0.15) is 0 Å². The Morgan fingerprint density at radius 3 is 2.76 bits per heavy atom. The van der Waals surface area contributed by atoms with Crippen LogP contribution in [0.5, 0.6) is 11.5 Å². The van der Waals surface area contributed by atoms with E-state index < -0.39 is 0 Å². The summed E-state index contributed by atoms with van der Waals surface area (Å²) < 4.78 is 5.02. The Morgan fingerprint density at radius 1 is 1.47 bits per heavy atom. The number of rotatable bonds is 3. The molecule has 4 nitrogen and oxygen atoms in total. The number of hydrogen-bond acceptors (Lipinski definition) is 4. The summed E-state index contributed by atoms with van der Waals surface area (Å²) in [6, 6.07) is 5.80. The molecule has 1 aliphatic heterocycles. The number of aromatic hydroxyl groups is 1. The van der Waals surface area contributed by atoms with Crippen molar-refractivity contribution in [2.45, 2.75) is 19.5 Å². The quantitative estimate of drug-likeness (QED) is 0.827. The fourth-order valence-corrected chi connectivity index (χ4v) is 2.32. The molecule has 2 rings (SSSR count). The Kier molecular flexibility index (Phi) is 3.54. The zero-order chi connectivity index (χ0) is 12.4. The molecule has 0 saturated carbocycles. The van der Waals surface area contributed by atoms with E-state index in [9.17, 15) is 5.11 Å². The van der Waals surface area contributed by atoms with Gasteiger partial charge < -0.3 is 15.6 Å². The van der Waals surface area contributed by atoms with E-state index in [0.29, 0.717) is 11.7 Å². The van der Waals surface area contributed by atoms with Gasteiger partial charge in [0.2, 0.25) is 0 Å². The summed E-state index contributed by atoms with van der Waals surface area (Å²) in [6.45, 7) is 4.95. The predicted molar refractivity (Wildman–Crippen MR) is 67.1 cm³/mol. The van der Waals surface area contributed by atoms with Crippen molar-refractivity contribution in [1.29, 1.82) is 0 Å². The summed E-state index contributed by atoms with van der Waals surface area (Å²) in [6.07, 6.45) is 0. The lowest BCUT2D eigenvalue weighted by Crippen LogP contribution is -2.28. The Morgan fingerprint density at radius 2 is 2.24 bits per heavy atom. The fourth-order valence-electron chi connectivity index (χ4n) is 2.32. The minimum atomic E-state index is 0.196. The van der Waals surface area contributed by atoms with Gasteiger partial charge in [-0.3, -0.25) is 4.90 Å². The number of nitrogens with zero attached hydrogens (tertiary/aromatic N) is 1. The highest BCUT2D eigenvalue weighted by atomic mass is 16.5. The van der Waals surface area contributed by atoms with Gasteiger partial charge in [-0.05, 0) is 23.6 Å². The Balaban J connectivity index is 2.02. The van der Waals surface area contributed by atoms with Gasteiger partial charge in [0.15, 0.2) is 11.5 Å².